The van der Waals surface area contributed by atoms with Gasteiger partial charge in [-0.3, -0.25) is 0 Å². The van der Waals surface area contributed by atoms with Crippen molar-refractivity contribution in [1.82, 2.24) is 0 Å². The van der Waals surface area contributed by atoms with Crippen LogP contribution in [0.15, 0.2) is 23.4 Å². The predicted octanol–water partition coefficient (Wildman–Crippen LogP) is 3.49. The molecule has 0 amide bonds. The van der Waals surface area contributed by atoms with E-state index in [4.69, 9.17) is 9.94 Å². The van der Waals surface area contributed by atoms with Crippen molar-refractivity contribution in [1.29, 1.82) is 0 Å². The Morgan fingerprint density at radius 2 is 2.09 bits per heavy atom. The molecule has 22 heavy (non-hydrogen) atoms. The summed E-state index contributed by atoms with van der Waals surface area (Å²) in [5.74, 6) is 0.535. The van der Waals surface area contributed by atoms with Crippen LogP contribution < -0.4 is 4.74 Å². The highest BCUT2D eigenvalue weighted by molar-refractivity contribution is 5.84. The van der Waals surface area contributed by atoms with Gasteiger partial charge in [-0.2, -0.15) is 0 Å². The van der Waals surface area contributed by atoms with Crippen molar-refractivity contribution in [2.45, 2.75) is 58.0 Å². The highest BCUT2D eigenvalue weighted by Gasteiger charge is 2.11. The highest BCUT2D eigenvalue weighted by atomic mass is 16.5. The van der Waals surface area contributed by atoms with E-state index in [1.54, 1.807) is 12.1 Å². The number of aromatic hydroxyl groups is 1. The molecule has 0 saturated heterocycles. The van der Waals surface area contributed by atoms with E-state index in [0.717, 1.165) is 31.2 Å². The van der Waals surface area contributed by atoms with Gasteiger partial charge >= 0.3 is 0 Å². The van der Waals surface area contributed by atoms with Crippen molar-refractivity contribution < 1.29 is 20.2 Å². The summed E-state index contributed by atoms with van der Waals surface area (Å²) in [6, 6.07) is 5.16. The van der Waals surface area contributed by atoms with Crippen molar-refractivity contribution in [2.24, 2.45) is 5.16 Å². The maximum absolute atomic E-state index is 9.95. The summed E-state index contributed by atoms with van der Waals surface area (Å²) in [4.78, 5) is 0. The van der Waals surface area contributed by atoms with Gasteiger partial charge in [0.2, 0.25) is 0 Å². The third-order valence-corrected chi connectivity index (χ3v) is 3.70. The fourth-order valence-corrected chi connectivity index (χ4v) is 2.36. The molecule has 5 heteroatoms. The van der Waals surface area contributed by atoms with E-state index in [9.17, 15) is 10.2 Å². The first kappa shape index (κ1) is 18.3. The summed E-state index contributed by atoms with van der Waals surface area (Å²) in [5.41, 5.74) is 1.58. The number of nitrogens with zero attached hydrogens (tertiary/aromatic N) is 1. The zero-order chi connectivity index (χ0) is 16.4. The first-order chi connectivity index (χ1) is 10.6. The van der Waals surface area contributed by atoms with E-state index >= 15 is 0 Å². The number of ether oxygens (including phenoxy) is 1. The van der Waals surface area contributed by atoms with Gasteiger partial charge < -0.3 is 20.2 Å². The van der Waals surface area contributed by atoms with Crippen LogP contribution in [0.3, 0.4) is 0 Å². The molecule has 0 bridgehead atoms. The number of aryl methyl sites for hydroxylation is 1. The van der Waals surface area contributed by atoms with Crippen LogP contribution in [0.25, 0.3) is 0 Å². The molecule has 0 radical (unpaired) electrons. The number of hydrogen-bond acceptors (Lipinski definition) is 5. The van der Waals surface area contributed by atoms with E-state index in [1.807, 2.05) is 6.07 Å². The molecule has 124 valence electrons. The van der Waals surface area contributed by atoms with E-state index in [0.29, 0.717) is 30.7 Å². The van der Waals surface area contributed by atoms with Crippen LogP contribution in [-0.4, -0.2) is 34.3 Å². The molecule has 1 atom stereocenters. The van der Waals surface area contributed by atoms with Crippen molar-refractivity contribution in [3.05, 3.63) is 23.8 Å². The second-order valence-corrected chi connectivity index (χ2v) is 5.53. The Hall–Kier alpha value is -1.75. The third kappa shape index (κ3) is 6.35. The highest BCUT2D eigenvalue weighted by Crippen LogP contribution is 2.26. The lowest BCUT2D eigenvalue weighted by Gasteiger charge is -2.12. The Bertz CT molecular complexity index is 474. The number of rotatable bonds is 10. The van der Waals surface area contributed by atoms with E-state index in [2.05, 4.69) is 12.1 Å². The Balaban J connectivity index is 2.47. The van der Waals surface area contributed by atoms with Crippen LogP contribution in [0, 0.1) is 0 Å². The van der Waals surface area contributed by atoms with Crippen LogP contribution in [0.1, 0.15) is 51.0 Å². The number of aliphatic hydroxyl groups excluding tert-OH is 1. The lowest BCUT2D eigenvalue weighted by Crippen LogP contribution is -2.14. The lowest BCUT2D eigenvalue weighted by atomic mass is 10.0. The van der Waals surface area contributed by atoms with E-state index in [1.165, 1.54) is 7.11 Å². The molecule has 0 aliphatic carbocycles. The molecular formula is C17H27NO4. The maximum Gasteiger partial charge on any atom is 0.160 e. The van der Waals surface area contributed by atoms with Crippen LogP contribution in [0.5, 0.6) is 11.5 Å². The van der Waals surface area contributed by atoms with Gasteiger partial charge in [0.05, 0.1) is 18.9 Å². The van der Waals surface area contributed by atoms with Crippen molar-refractivity contribution >= 4 is 5.71 Å². The summed E-state index contributed by atoms with van der Waals surface area (Å²) in [6.07, 6.45) is 5.13. The SMILES string of the molecule is CCCCCC(O)CC(CCc1ccc(O)c(OC)c1)=NO. The Morgan fingerprint density at radius 3 is 2.73 bits per heavy atom. The first-order valence-electron chi connectivity index (χ1n) is 7.84. The largest absolute Gasteiger partial charge is 0.504 e. The summed E-state index contributed by atoms with van der Waals surface area (Å²) in [7, 11) is 1.51. The quantitative estimate of drug-likeness (QED) is 0.267. The van der Waals surface area contributed by atoms with Crippen LogP contribution >= 0.6 is 0 Å². The van der Waals surface area contributed by atoms with Crippen molar-refractivity contribution in [2.75, 3.05) is 7.11 Å². The van der Waals surface area contributed by atoms with Gasteiger partial charge in [0.25, 0.3) is 0 Å². The molecule has 5 nitrogen and oxygen atoms in total. The number of methoxy groups -OCH3 is 1. The van der Waals surface area contributed by atoms with Gasteiger partial charge in [-0.1, -0.05) is 37.4 Å². The number of hydrogen-bond donors (Lipinski definition) is 3. The smallest absolute Gasteiger partial charge is 0.160 e. The second kappa shape index (κ2) is 10.1. The third-order valence-electron chi connectivity index (χ3n) is 3.70. The zero-order valence-corrected chi connectivity index (χ0v) is 13.5. The standard InChI is InChI=1S/C17H27NO4/c1-3-4-5-6-15(19)12-14(18-21)9-7-13-8-10-16(20)17(11-13)22-2/h8,10-11,15,19-21H,3-7,9,12H2,1-2H3. The minimum absolute atomic E-state index is 0.105. The molecule has 0 heterocycles. The van der Waals surface area contributed by atoms with Gasteiger partial charge in [-0.05, 0) is 37.0 Å². The Kier molecular flexibility index (Phi) is 8.36. The molecule has 0 aromatic heterocycles. The molecule has 3 N–H and O–H groups in total. The minimum Gasteiger partial charge on any atom is -0.504 e. The predicted molar refractivity (Wildman–Crippen MR) is 87.0 cm³/mol. The van der Waals surface area contributed by atoms with Crippen LogP contribution in [0.2, 0.25) is 0 Å². The lowest BCUT2D eigenvalue weighted by molar-refractivity contribution is 0.166. The average molecular weight is 309 g/mol. The fourth-order valence-electron chi connectivity index (χ4n) is 2.36. The van der Waals surface area contributed by atoms with Gasteiger partial charge in [-0.25, -0.2) is 0 Å². The summed E-state index contributed by atoms with van der Waals surface area (Å²) in [5, 5.41) is 31.9. The summed E-state index contributed by atoms with van der Waals surface area (Å²) >= 11 is 0. The molecule has 1 rings (SSSR count). The van der Waals surface area contributed by atoms with Crippen LogP contribution in [0.4, 0.5) is 0 Å². The molecule has 1 aromatic rings. The van der Waals surface area contributed by atoms with Gasteiger partial charge in [0, 0.05) is 6.42 Å². The molecule has 0 aliphatic heterocycles. The summed E-state index contributed by atoms with van der Waals surface area (Å²) < 4.78 is 5.07. The van der Waals surface area contributed by atoms with E-state index in [-0.39, 0.29) is 5.75 Å². The van der Waals surface area contributed by atoms with Gasteiger partial charge in [0.1, 0.15) is 0 Å². The molecule has 1 unspecified atom stereocenters. The molecule has 0 spiro atoms. The Labute approximate surface area is 132 Å². The normalized spacial score (nSPS) is 13.1. The van der Waals surface area contributed by atoms with E-state index < -0.39 is 6.10 Å². The number of phenolic OH excluding ortho intramolecular Hbond substituents is 1. The first-order valence-corrected chi connectivity index (χ1v) is 7.84. The number of unbranched alkanes of at least 4 members (excludes halogenated alkanes) is 2. The van der Waals surface area contributed by atoms with Crippen molar-refractivity contribution in [3.63, 3.8) is 0 Å². The van der Waals surface area contributed by atoms with Gasteiger partial charge in [-0.15, -0.1) is 0 Å². The molecule has 0 aliphatic rings. The maximum atomic E-state index is 9.95. The minimum atomic E-state index is -0.452. The topological polar surface area (TPSA) is 82.3 Å². The van der Waals surface area contributed by atoms with Crippen LogP contribution in [-0.2, 0) is 6.42 Å². The number of benzene rings is 1. The molecule has 0 saturated carbocycles. The fraction of sp³-hybridized carbons (Fsp3) is 0.588. The number of oxime groups is 1. The number of phenols is 1. The molecule has 1 aromatic carbocycles. The number of aliphatic hydroxyl groups is 1. The van der Waals surface area contributed by atoms with Crippen molar-refractivity contribution in [3.8, 4) is 11.5 Å². The molecular weight excluding hydrogens is 282 g/mol. The summed E-state index contributed by atoms with van der Waals surface area (Å²) in [6.45, 7) is 2.12. The Morgan fingerprint density at radius 1 is 1.32 bits per heavy atom. The second-order valence-electron chi connectivity index (χ2n) is 5.53. The van der Waals surface area contributed by atoms with Gasteiger partial charge in [0.15, 0.2) is 11.5 Å². The average Bonchev–Trinajstić information content (AvgIpc) is 2.52. The monoisotopic (exact) mass is 309 g/mol. The molecule has 0 fully saturated rings. The zero-order valence-electron chi connectivity index (χ0n) is 13.5.